The molecule has 1 N–H and O–H groups in total. The molecule has 3 rings (SSSR count). The van der Waals surface area contributed by atoms with Crippen molar-refractivity contribution in [2.75, 3.05) is 6.61 Å². The molecule has 10 atom stereocenters. The van der Waals surface area contributed by atoms with Crippen molar-refractivity contribution in [3.05, 3.63) is 46.3 Å². The Balaban J connectivity index is 1.75. The number of carbonyl (C=O) groups is 1. The number of azide groups is 1. The summed E-state index contributed by atoms with van der Waals surface area (Å²) in [4.78, 5) is 14.4. The van der Waals surface area contributed by atoms with Crippen LogP contribution in [0.15, 0.2) is 35.4 Å². The maximum Gasteiger partial charge on any atom is 0.304 e. The number of hydrogen-bond acceptors (Lipinski definition) is 8. The molecule has 10 heteroatoms. The van der Waals surface area contributed by atoms with Crippen molar-refractivity contribution in [2.45, 2.75) is 84.3 Å². The summed E-state index contributed by atoms with van der Waals surface area (Å²) in [6, 6.07) is 9.15. The van der Waals surface area contributed by atoms with Gasteiger partial charge in [-0.2, -0.15) is 0 Å². The first-order valence-corrected chi connectivity index (χ1v) is 11.7. The first-order valence-electron chi connectivity index (χ1n) is 11.7. The minimum absolute atomic E-state index is 0.120. The molecule has 2 fully saturated rings. The number of aliphatic hydroxyl groups is 1. The molecule has 1 aromatic rings. The lowest BCUT2D eigenvalue weighted by atomic mass is 9.85. The molecule has 0 radical (unpaired) electrons. The Morgan fingerprint density at radius 2 is 1.76 bits per heavy atom. The highest BCUT2D eigenvalue weighted by Gasteiger charge is 2.49. The number of benzene rings is 1. The van der Waals surface area contributed by atoms with Gasteiger partial charge in [-0.15, -0.1) is 0 Å². The van der Waals surface area contributed by atoms with E-state index in [-0.39, 0.29) is 30.7 Å². The number of esters is 1. The van der Waals surface area contributed by atoms with E-state index in [1.807, 2.05) is 51.1 Å². The van der Waals surface area contributed by atoms with Crippen LogP contribution in [0.5, 0.6) is 0 Å². The predicted molar refractivity (Wildman–Crippen MR) is 122 cm³/mol. The van der Waals surface area contributed by atoms with E-state index < -0.39 is 42.7 Å². The fourth-order valence-electron chi connectivity index (χ4n) is 4.69. The Morgan fingerprint density at radius 1 is 1.06 bits per heavy atom. The maximum absolute atomic E-state index is 11.5. The van der Waals surface area contributed by atoms with Gasteiger partial charge in [0.1, 0.15) is 12.1 Å². The summed E-state index contributed by atoms with van der Waals surface area (Å²) in [5.41, 5.74) is 10.1. The fraction of sp³-hybridized carbons (Fsp3) is 0.708. The van der Waals surface area contributed by atoms with Gasteiger partial charge in [-0.25, -0.2) is 0 Å². The van der Waals surface area contributed by atoms with Gasteiger partial charge in [0.15, 0.2) is 6.29 Å². The van der Waals surface area contributed by atoms with Crippen molar-refractivity contribution in [1.29, 1.82) is 0 Å². The largest absolute Gasteiger partial charge is 0.435 e. The van der Waals surface area contributed by atoms with Crippen LogP contribution >= 0.6 is 0 Å². The third kappa shape index (κ3) is 6.07. The van der Waals surface area contributed by atoms with E-state index in [0.29, 0.717) is 6.61 Å². The summed E-state index contributed by atoms with van der Waals surface area (Å²) in [7, 11) is 0. The van der Waals surface area contributed by atoms with Crippen molar-refractivity contribution in [3.8, 4) is 0 Å². The zero-order valence-corrected chi connectivity index (χ0v) is 20.3. The van der Waals surface area contributed by atoms with Crippen LogP contribution in [0.4, 0.5) is 0 Å². The lowest BCUT2D eigenvalue weighted by Gasteiger charge is -2.48. The molecule has 188 valence electrons. The zero-order valence-electron chi connectivity index (χ0n) is 20.3. The van der Waals surface area contributed by atoms with Crippen LogP contribution in [-0.2, 0) is 35.1 Å². The number of aliphatic hydroxyl groups excluding tert-OH is 1. The van der Waals surface area contributed by atoms with E-state index >= 15 is 0 Å². The molecule has 1 aromatic carbocycles. The highest BCUT2D eigenvalue weighted by molar-refractivity contribution is 5.66. The summed E-state index contributed by atoms with van der Waals surface area (Å²) in [5, 5.41) is 13.8. The molecule has 0 amide bonds. The molecule has 2 heterocycles. The van der Waals surface area contributed by atoms with Gasteiger partial charge in [0.2, 0.25) is 6.29 Å². The van der Waals surface area contributed by atoms with Crippen molar-refractivity contribution < 1.29 is 33.6 Å². The molecule has 2 saturated heterocycles. The van der Waals surface area contributed by atoms with Crippen LogP contribution in [0.3, 0.4) is 0 Å². The monoisotopic (exact) mass is 477 g/mol. The van der Waals surface area contributed by atoms with Crippen molar-refractivity contribution >= 4 is 5.97 Å². The van der Waals surface area contributed by atoms with Gasteiger partial charge in [-0.1, -0.05) is 56.2 Å². The highest BCUT2D eigenvalue weighted by Crippen LogP contribution is 2.38. The Bertz CT molecular complexity index is 850. The second kappa shape index (κ2) is 12.0. The van der Waals surface area contributed by atoms with E-state index in [4.69, 9.17) is 29.2 Å². The first-order chi connectivity index (χ1) is 16.3. The molecule has 0 aliphatic carbocycles. The highest BCUT2D eigenvalue weighted by atomic mass is 16.7. The Labute approximate surface area is 200 Å². The van der Waals surface area contributed by atoms with Crippen LogP contribution in [0.25, 0.3) is 10.4 Å². The van der Waals surface area contributed by atoms with E-state index in [1.165, 1.54) is 6.92 Å². The quantitative estimate of drug-likeness (QED) is 0.262. The lowest BCUT2D eigenvalue weighted by molar-refractivity contribution is -0.321. The molecular formula is C24H35N3O7. The van der Waals surface area contributed by atoms with E-state index in [9.17, 15) is 9.90 Å². The summed E-state index contributed by atoms with van der Waals surface area (Å²) in [5.74, 6) is -0.973. The topological polar surface area (TPSA) is 132 Å². The third-order valence-electron chi connectivity index (χ3n) is 6.79. The molecule has 0 aromatic heterocycles. The first kappa shape index (κ1) is 26.4. The van der Waals surface area contributed by atoms with Crippen LogP contribution in [0, 0.1) is 17.8 Å². The minimum Gasteiger partial charge on any atom is -0.435 e. The second-order valence-electron chi connectivity index (χ2n) is 9.18. The molecular weight excluding hydrogens is 442 g/mol. The summed E-state index contributed by atoms with van der Waals surface area (Å²) in [6.45, 7) is 9.26. The molecule has 10 nitrogen and oxygen atoms in total. The summed E-state index contributed by atoms with van der Waals surface area (Å²) < 4.78 is 29.9. The van der Waals surface area contributed by atoms with Gasteiger partial charge >= 0.3 is 5.97 Å². The fourth-order valence-corrected chi connectivity index (χ4v) is 4.69. The van der Waals surface area contributed by atoms with Gasteiger partial charge in [-0.3, -0.25) is 4.79 Å². The van der Waals surface area contributed by atoms with Crippen LogP contribution in [0.1, 0.15) is 40.2 Å². The number of nitrogens with zero attached hydrogens (tertiary/aromatic N) is 3. The maximum atomic E-state index is 11.5. The van der Waals surface area contributed by atoms with Crippen LogP contribution in [-0.4, -0.2) is 60.7 Å². The van der Waals surface area contributed by atoms with Crippen molar-refractivity contribution in [1.82, 2.24) is 0 Å². The van der Waals surface area contributed by atoms with Gasteiger partial charge in [0.05, 0.1) is 31.5 Å². The van der Waals surface area contributed by atoms with Gasteiger partial charge in [-0.05, 0) is 23.9 Å². The smallest absolute Gasteiger partial charge is 0.304 e. The normalized spacial score (nSPS) is 38.1. The van der Waals surface area contributed by atoms with Crippen LogP contribution < -0.4 is 0 Å². The molecule has 0 bridgehead atoms. The van der Waals surface area contributed by atoms with Gasteiger partial charge in [0.25, 0.3) is 0 Å². The van der Waals surface area contributed by atoms with Crippen molar-refractivity contribution in [3.63, 3.8) is 0 Å². The van der Waals surface area contributed by atoms with E-state index in [2.05, 4.69) is 16.9 Å². The van der Waals surface area contributed by atoms with Gasteiger partial charge < -0.3 is 28.8 Å². The average molecular weight is 478 g/mol. The number of ether oxygens (including phenoxy) is 5. The number of hydrogen-bond donors (Lipinski definition) is 1. The minimum atomic E-state index is -1.11. The number of rotatable bonds is 8. The SMILES string of the molecule is CC(=O)O[C@H]1OC(CO)[C@@H](O[C@@H]2OC(C)[C@@H](C)[C@@H](OCc3ccccc3)C2C)[C@H](C)C1N=[N+]=[N-]. The van der Waals surface area contributed by atoms with E-state index in [1.54, 1.807) is 0 Å². The summed E-state index contributed by atoms with van der Waals surface area (Å²) >= 11 is 0. The molecule has 34 heavy (non-hydrogen) atoms. The van der Waals surface area contributed by atoms with Gasteiger partial charge in [0, 0.05) is 23.7 Å². The molecule has 2 aliphatic rings. The molecule has 4 unspecified atom stereocenters. The molecule has 2 aliphatic heterocycles. The summed E-state index contributed by atoms with van der Waals surface area (Å²) in [6.07, 6.45) is -3.44. The second-order valence-corrected chi connectivity index (χ2v) is 9.18. The van der Waals surface area contributed by atoms with Crippen LogP contribution in [0.2, 0.25) is 0 Å². The third-order valence-corrected chi connectivity index (χ3v) is 6.79. The van der Waals surface area contributed by atoms with Crippen molar-refractivity contribution in [2.24, 2.45) is 22.9 Å². The number of carbonyl (C=O) groups excluding carboxylic acids is 1. The molecule has 0 spiro atoms. The Hall–Kier alpha value is -2.20. The Kier molecular flexibility index (Phi) is 9.30. The lowest BCUT2D eigenvalue weighted by Crippen LogP contribution is -2.59. The zero-order chi connectivity index (χ0) is 24.8. The van der Waals surface area contributed by atoms with E-state index in [0.717, 1.165) is 5.56 Å². The average Bonchev–Trinajstić information content (AvgIpc) is 2.81. The predicted octanol–water partition coefficient (Wildman–Crippen LogP) is 3.57. The standard InChI is InChI=1S/C24H35N3O7/c1-13-16(4)31-23(15(3)21(13)30-12-18-9-7-6-8-10-18)34-22-14(2)20(26-27-25)24(32-17(5)29)33-19(22)11-28/h6-10,13-16,19-24,28H,11-12H2,1-5H3/t13-,14-,15?,16?,19?,20?,21-,22+,23+,24+/m1/s1. The molecule has 0 saturated carbocycles. The Morgan fingerprint density at radius 3 is 2.38 bits per heavy atom.